The fraction of sp³-hybridized carbons (Fsp3) is 0.500. The molecule has 0 amide bonds. The summed E-state index contributed by atoms with van der Waals surface area (Å²) in [5.41, 5.74) is 1.39. The van der Waals surface area contributed by atoms with Gasteiger partial charge in [-0.3, -0.25) is 4.57 Å². The van der Waals surface area contributed by atoms with Crippen LogP contribution in [0.15, 0.2) is 6.33 Å². The average Bonchev–Trinajstić information content (AvgIpc) is 2.74. The molecule has 1 saturated heterocycles. The molecule has 1 atom stereocenters. The van der Waals surface area contributed by atoms with Crippen LogP contribution in [0.4, 0.5) is 0 Å². The molecule has 7 heteroatoms. The van der Waals surface area contributed by atoms with Crippen LogP contribution in [0.3, 0.4) is 0 Å². The predicted octanol–water partition coefficient (Wildman–Crippen LogP) is 2.78. The Bertz CT molecular complexity index is 552. The lowest BCUT2D eigenvalue weighted by atomic mass is 10.2. The SMILES string of the molecule is Clc1nc(I)nc2c1ncn2C1CCCCO1. The molecule has 0 saturated carbocycles. The summed E-state index contributed by atoms with van der Waals surface area (Å²) >= 11 is 8.09. The van der Waals surface area contributed by atoms with Crippen molar-refractivity contribution in [2.75, 3.05) is 6.61 Å². The molecule has 90 valence electrons. The molecule has 3 rings (SSSR count). The number of imidazole rings is 1. The predicted molar refractivity (Wildman–Crippen MR) is 71.9 cm³/mol. The van der Waals surface area contributed by atoms with E-state index in [-0.39, 0.29) is 6.23 Å². The lowest BCUT2D eigenvalue weighted by Gasteiger charge is -2.23. The highest BCUT2D eigenvalue weighted by Gasteiger charge is 2.20. The van der Waals surface area contributed by atoms with Gasteiger partial charge in [-0.2, -0.15) is 0 Å². The van der Waals surface area contributed by atoms with Gasteiger partial charge in [0.15, 0.2) is 14.6 Å². The van der Waals surface area contributed by atoms with Crippen LogP contribution in [-0.2, 0) is 4.74 Å². The number of nitrogens with zero attached hydrogens (tertiary/aromatic N) is 4. The molecule has 3 heterocycles. The molecule has 2 aromatic heterocycles. The second-order valence-electron chi connectivity index (χ2n) is 3.93. The molecule has 1 fully saturated rings. The first-order valence-electron chi connectivity index (χ1n) is 5.43. The summed E-state index contributed by atoms with van der Waals surface area (Å²) in [4.78, 5) is 12.7. The maximum Gasteiger partial charge on any atom is 0.194 e. The highest BCUT2D eigenvalue weighted by Crippen LogP contribution is 2.27. The van der Waals surface area contributed by atoms with Crippen LogP contribution >= 0.6 is 34.2 Å². The first kappa shape index (κ1) is 11.6. The van der Waals surface area contributed by atoms with Crippen molar-refractivity contribution in [3.63, 3.8) is 0 Å². The van der Waals surface area contributed by atoms with Crippen LogP contribution in [-0.4, -0.2) is 26.1 Å². The van der Waals surface area contributed by atoms with Crippen LogP contribution < -0.4 is 0 Å². The summed E-state index contributed by atoms with van der Waals surface area (Å²) in [5, 5.41) is 0.397. The molecule has 1 aliphatic heterocycles. The third kappa shape index (κ3) is 2.13. The molecule has 0 bridgehead atoms. The summed E-state index contributed by atoms with van der Waals surface area (Å²) in [6.45, 7) is 0.792. The van der Waals surface area contributed by atoms with Crippen molar-refractivity contribution in [2.45, 2.75) is 25.5 Å². The van der Waals surface area contributed by atoms with E-state index in [1.807, 2.05) is 27.2 Å². The summed E-state index contributed by atoms with van der Waals surface area (Å²) in [6.07, 6.45) is 5.04. The Kier molecular flexibility index (Phi) is 3.18. The van der Waals surface area contributed by atoms with Gasteiger partial charge in [0.1, 0.15) is 11.7 Å². The van der Waals surface area contributed by atoms with Crippen molar-refractivity contribution in [3.8, 4) is 0 Å². The Morgan fingerprint density at radius 1 is 1.41 bits per heavy atom. The van der Waals surface area contributed by atoms with Gasteiger partial charge in [-0.05, 0) is 19.3 Å². The number of ether oxygens (including phenoxy) is 1. The number of hydrogen-bond acceptors (Lipinski definition) is 4. The van der Waals surface area contributed by atoms with E-state index >= 15 is 0 Å². The van der Waals surface area contributed by atoms with E-state index in [2.05, 4.69) is 15.0 Å². The largest absolute Gasteiger partial charge is 0.358 e. The maximum atomic E-state index is 6.04. The average molecular weight is 365 g/mol. The van der Waals surface area contributed by atoms with Crippen LogP contribution in [0, 0.1) is 3.83 Å². The normalized spacial score (nSPS) is 20.9. The zero-order chi connectivity index (χ0) is 11.8. The molecule has 1 aliphatic rings. The van der Waals surface area contributed by atoms with Gasteiger partial charge in [-0.1, -0.05) is 11.6 Å². The minimum Gasteiger partial charge on any atom is -0.358 e. The van der Waals surface area contributed by atoms with Crippen molar-refractivity contribution in [1.82, 2.24) is 19.5 Å². The minimum absolute atomic E-state index is 0.0236. The zero-order valence-electron chi connectivity index (χ0n) is 8.94. The summed E-state index contributed by atoms with van der Waals surface area (Å²) < 4.78 is 8.30. The van der Waals surface area contributed by atoms with Gasteiger partial charge in [0.05, 0.1) is 6.33 Å². The summed E-state index contributed by atoms with van der Waals surface area (Å²) in [6, 6.07) is 0. The molecule has 0 spiro atoms. The van der Waals surface area contributed by atoms with Crippen LogP contribution in [0.25, 0.3) is 11.2 Å². The Hall–Kier alpha value is -0.470. The van der Waals surface area contributed by atoms with E-state index in [1.54, 1.807) is 6.33 Å². The van der Waals surface area contributed by atoms with Gasteiger partial charge >= 0.3 is 0 Å². The third-order valence-electron chi connectivity index (χ3n) is 2.82. The van der Waals surface area contributed by atoms with E-state index in [0.29, 0.717) is 14.5 Å². The quantitative estimate of drug-likeness (QED) is 0.444. The number of aromatic nitrogens is 4. The van der Waals surface area contributed by atoms with Gasteiger partial charge in [0.2, 0.25) is 0 Å². The maximum absolute atomic E-state index is 6.04. The summed E-state index contributed by atoms with van der Waals surface area (Å²) in [7, 11) is 0. The van der Waals surface area contributed by atoms with E-state index in [0.717, 1.165) is 25.1 Å². The van der Waals surface area contributed by atoms with E-state index in [1.165, 1.54) is 6.42 Å². The fourth-order valence-corrected chi connectivity index (χ4v) is 2.84. The number of hydrogen-bond donors (Lipinski definition) is 0. The summed E-state index contributed by atoms with van der Waals surface area (Å²) in [5.74, 6) is 0. The van der Waals surface area contributed by atoms with Crippen molar-refractivity contribution in [2.24, 2.45) is 0 Å². The second kappa shape index (κ2) is 4.66. The standard InChI is InChI=1S/C10H10ClIN4O/c11-8-7-9(15-10(12)14-8)16(5-13-7)6-3-1-2-4-17-6/h5-6H,1-4H2. The molecule has 2 aromatic rings. The van der Waals surface area contributed by atoms with E-state index < -0.39 is 0 Å². The fourth-order valence-electron chi connectivity index (χ4n) is 2.01. The molecule has 0 N–H and O–H groups in total. The van der Waals surface area contributed by atoms with E-state index in [4.69, 9.17) is 16.3 Å². The minimum atomic E-state index is 0.0236. The Balaban J connectivity index is 2.10. The Morgan fingerprint density at radius 2 is 2.29 bits per heavy atom. The first-order valence-corrected chi connectivity index (χ1v) is 6.88. The topological polar surface area (TPSA) is 52.8 Å². The molecular weight excluding hydrogens is 354 g/mol. The van der Waals surface area contributed by atoms with Crippen LogP contribution in [0.1, 0.15) is 25.5 Å². The van der Waals surface area contributed by atoms with Crippen LogP contribution in [0.2, 0.25) is 5.15 Å². The molecule has 17 heavy (non-hydrogen) atoms. The van der Waals surface area contributed by atoms with Gasteiger partial charge in [0, 0.05) is 29.2 Å². The molecule has 1 unspecified atom stereocenters. The monoisotopic (exact) mass is 364 g/mol. The lowest BCUT2D eigenvalue weighted by molar-refractivity contribution is -0.0298. The smallest absolute Gasteiger partial charge is 0.194 e. The highest BCUT2D eigenvalue weighted by molar-refractivity contribution is 14.1. The number of halogens is 2. The van der Waals surface area contributed by atoms with Gasteiger partial charge in [0.25, 0.3) is 0 Å². The van der Waals surface area contributed by atoms with E-state index in [9.17, 15) is 0 Å². The van der Waals surface area contributed by atoms with Gasteiger partial charge in [-0.15, -0.1) is 0 Å². The van der Waals surface area contributed by atoms with Crippen molar-refractivity contribution in [3.05, 3.63) is 15.3 Å². The molecule has 5 nitrogen and oxygen atoms in total. The van der Waals surface area contributed by atoms with Gasteiger partial charge in [-0.25, -0.2) is 15.0 Å². The number of fused-ring (bicyclic) bond motifs is 1. The van der Waals surface area contributed by atoms with Crippen LogP contribution in [0.5, 0.6) is 0 Å². The molecular formula is C10H10ClIN4O. The Labute approximate surface area is 117 Å². The zero-order valence-corrected chi connectivity index (χ0v) is 11.8. The molecule has 0 aromatic carbocycles. The highest BCUT2D eigenvalue weighted by atomic mass is 127. The lowest BCUT2D eigenvalue weighted by Crippen LogP contribution is -2.17. The first-order chi connectivity index (χ1) is 8.25. The molecule has 0 aliphatic carbocycles. The van der Waals surface area contributed by atoms with Crippen molar-refractivity contribution < 1.29 is 4.74 Å². The Morgan fingerprint density at radius 3 is 3.06 bits per heavy atom. The third-order valence-corrected chi connectivity index (χ3v) is 3.56. The second-order valence-corrected chi connectivity index (χ2v) is 5.25. The van der Waals surface area contributed by atoms with Crippen molar-refractivity contribution in [1.29, 1.82) is 0 Å². The molecule has 0 radical (unpaired) electrons. The van der Waals surface area contributed by atoms with Crippen molar-refractivity contribution >= 4 is 45.4 Å². The van der Waals surface area contributed by atoms with Gasteiger partial charge < -0.3 is 4.74 Å². The number of rotatable bonds is 1.